The van der Waals surface area contributed by atoms with Crippen LogP contribution < -0.4 is 43.7 Å². The lowest BCUT2D eigenvalue weighted by Gasteiger charge is -2.18. The zero-order chi connectivity index (χ0) is 28.9. The van der Waals surface area contributed by atoms with Crippen molar-refractivity contribution in [2.45, 2.75) is 0 Å². The Kier molecular flexibility index (Phi) is 5.96. The van der Waals surface area contributed by atoms with Crippen molar-refractivity contribution in [3.8, 4) is 16.8 Å². The first kappa shape index (κ1) is 26.4. The Morgan fingerprint density at radius 3 is 1.71 bits per heavy atom. The molecule has 0 atom stereocenters. The number of hydrogen-bond donors (Lipinski definition) is 0. The van der Waals surface area contributed by atoms with Crippen molar-refractivity contribution >= 4 is 162 Å². The van der Waals surface area contributed by atoms with Crippen molar-refractivity contribution in [1.82, 2.24) is 4.57 Å². The summed E-state index contributed by atoms with van der Waals surface area (Å²) in [7, 11) is 51.7. The van der Waals surface area contributed by atoms with Gasteiger partial charge in [0, 0.05) is 44.1 Å². The van der Waals surface area contributed by atoms with Crippen molar-refractivity contribution in [2.24, 2.45) is 0 Å². The molecule has 0 aliphatic heterocycles. The fourth-order valence-electron chi connectivity index (χ4n) is 5.77. The van der Waals surface area contributed by atoms with E-state index in [0.29, 0.717) is 43.7 Å². The van der Waals surface area contributed by atoms with Crippen LogP contribution in [0.2, 0.25) is 5.02 Å². The Morgan fingerprint density at radius 2 is 1.12 bits per heavy atom. The van der Waals surface area contributed by atoms with E-state index in [0.717, 1.165) is 21.9 Å². The summed E-state index contributed by atoms with van der Waals surface area (Å²) >= 11 is 6.31. The lowest BCUT2D eigenvalue weighted by Crippen LogP contribution is -2.49. The molecule has 0 unspecified atom stereocenters. The molecule has 0 saturated carbocycles. The fourth-order valence-corrected chi connectivity index (χ4v) is 5.93. The summed E-state index contributed by atoms with van der Waals surface area (Å²) in [6, 6.07) is 19.3. The summed E-state index contributed by atoms with van der Waals surface area (Å²) in [6.07, 6.45) is 0. The first-order valence-electron chi connectivity index (χ1n) is 12.6. The number of hydrogen-bond acceptors (Lipinski definition) is 1. The number of rotatable bonds is 2. The van der Waals surface area contributed by atoms with Crippen LogP contribution in [-0.2, 0) is 0 Å². The van der Waals surface area contributed by atoms with Gasteiger partial charge >= 0.3 is 0 Å². The number of aromatic nitrogens is 1. The summed E-state index contributed by atoms with van der Waals surface area (Å²) < 4.78 is 8.22. The molecular formula is C30H10B8ClNO. The van der Waals surface area contributed by atoms with Gasteiger partial charge in [0.2, 0.25) is 0 Å². The average molecular weight is 522 g/mol. The first-order valence-corrected chi connectivity index (χ1v) is 13.0. The Balaban J connectivity index is 1.76. The van der Waals surface area contributed by atoms with Gasteiger partial charge in [0.25, 0.3) is 0 Å². The van der Waals surface area contributed by atoms with Crippen LogP contribution in [0.3, 0.4) is 0 Å². The fraction of sp³-hybridized carbons (Fsp3) is 0. The van der Waals surface area contributed by atoms with E-state index in [9.17, 15) is 0 Å². The zero-order valence-corrected chi connectivity index (χ0v) is 22.4. The van der Waals surface area contributed by atoms with Gasteiger partial charge in [-0.25, -0.2) is 0 Å². The third kappa shape index (κ3) is 3.63. The van der Waals surface area contributed by atoms with Crippen molar-refractivity contribution in [3.05, 3.63) is 65.7 Å². The molecule has 7 rings (SSSR count). The number of halogens is 1. The van der Waals surface area contributed by atoms with Crippen LogP contribution in [0, 0.1) is 0 Å². The quantitative estimate of drug-likeness (QED) is 0.277. The van der Waals surface area contributed by atoms with Gasteiger partial charge in [0.15, 0.2) is 0 Å². The van der Waals surface area contributed by atoms with Crippen LogP contribution in [0.25, 0.3) is 60.6 Å². The molecule has 0 aliphatic carbocycles. The SMILES string of the molecule is [B]c1c([B])c([B])c2c(c1[B])c1c([B])c([B])c([B])c([B])c1n2-c1cc(-c2ccccc2)c2oc3cc(Cl)ccc3c2c1. The molecule has 2 nitrogen and oxygen atoms in total. The van der Waals surface area contributed by atoms with Crippen LogP contribution in [0.1, 0.15) is 0 Å². The van der Waals surface area contributed by atoms with E-state index in [1.165, 1.54) is 0 Å². The second kappa shape index (κ2) is 9.26. The molecule has 0 amide bonds. The summed E-state index contributed by atoms with van der Waals surface area (Å²) in [5, 5.41) is 3.23. The van der Waals surface area contributed by atoms with E-state index in [1.807, 2.05) is 59.2 Å². The molecule has 0 spiro atoms. The largest absolute Gasteiger partial charge is 0.455 e. The second-order valence-electron chi connectivity index (χ2n) is 10.1. The van der Waals surface area contributed by atoms with Crippen LogP contribution in [0.15, 0.2) is 65.1 Å². The molecule has 16 radical (unpaired) electrons. The Morgan fingerprint density at radius 1 is 0.561 bits per heavy atom. The molecule has 0 saturated heterocycles. The molecule has 2 aromatic heterocycles. The molecule has 0 bridgehead atoms. The average Bonchev–Trinajstić information content (AvgIpc) is 3.52. The highest BCUT2D eigenvalue weighted by molar-refractivity contribution is 6.71. The molecule has 2 heterocycles. The highest BCUT2D eigenvalue weighted by atomic mass is 35.5. The van der Waals surface area contributed by atoms with E-state index in [2.05, 4.69) is 0 Å². The Bertz CT molecular complexity index is 2180. The maximum absolute atomic E-state index is 6.66. The maximum Gasteiger partial charge on any atom is 0.143 e. The highest BCUT2D eigenvalue weighted by Crippen LogP contribution is 2.40. The predicted octanol–water partition coefficient (Wildman–Crippen LogP) is -0.646. The van der Waals surface area contributed by atoms with Gasteiger partial charge in [-0.05, 0) is 40.6 Å². The van der Waals surface area contributed by atoms with Gasteiger partial charge < -0.3 is 8.98 Å². The van der Waals surface area contributed by atoms with Crippen LogP contribution >= 0.6 is 11.6 Å². The van der Waals surface area contributed by atoms with Gasteiger partial charge in [0.05, 0.1) is 0 Å². The molecule has 172 valence electrons. The summed E-state index contributed by atoms with van der Waals surface area (Å²) in [5.41, 5.74) is 6.11. The summed E-state index contributed by atoms with van der Waals surface area (Å²) in [5.74, 6) is 0. The zero-order valence-electron chi connectivity index (χ0n) is 21.6. The number of furan rings is 1. The molecular weight excluding hydrogens is 512 g/mol. The standard InChI is InChI=1S/C30H10B8ClNO/c31-20-18-19-21(32)23(34)25(36)27(38)29(19)40(28(18)26(37)24(35)22(20)33)13-9-15(11-4-2-1-3-5-11)30-16(10-13)14-7-6-12(39)8-17(14)41-30/h1-10H. The van der Waals surface area contributed by atoms with E-state index in [4.69, 9.17) is 78.8 Å². The summed E-state index contributed by atoms with van der Waals surface area (Å²) in [4.78, 5) is 0. The lowest BCUT2D eigenvalue weighted by molar-refractivity contribution is 0.670. The van der Waals surface area contributed by atoms with E-state index in [-0.39, 0.29) is 43.7 Å². The van der Waals surface area contributed by atoms with Gasteiger partial charge in [-0.15, -0.1) is 21.9 Å². The van der Waals surface area contributed by atoms with Crippen LogP contribution in [0.5, 0.6) is 0 Å². The Labute approximate surface area is 252 Å². The number of fused-ring (bicyclic) bond motifs is 6. The predicted molar refractivity (Wildman–Crippen MR) is 182 cm³/mol. The molecule has 5 aromatic carbocycles. The van der Waals surface area contributed by atoms with Gasteiger partial charge in [-0.1, -0.05) is 63.8 Å². The van der Waals surface area contributed by atoms with Crippen molar-refractivity contribution in [3.63, 3.8) is 0 Å². The summed E-state index contributed by atoms with van der Waals surface area (Å²) in [6.45, 7) is 0. The van der Waals surface area contributed by atoms with Gasteiger partial charge in [-0.3, -0.25) is 0 Å². The van der Waals surface area contributed by atoms with Crippen LogP contribution in [-0.4, -0.2) is 67.3 Å². The molecule has 0 aliphatic rings. The minimum atomic E-state index is 0.139. The van der Waals surface area contributed by atoms with Gasteiger partial charge in [-0.2, -0.15) is 0 Å². The molecule has 0 fully saturated rings. The Hall–Kier alpha value is -3.49. The van der Waals surface area contributed by atoms with Crippen molar-refractivity contribution < 1.29 is 4.42 Å². The lowest BCUT2D eigenvalue weighted by atomic mass is 9.63. The molecule has 7 aromatic rings. The van der Waals surface area contributed by atoms with Crippen molar-refractivity contribution in [1.29, 1.82) is 0 Å². The third-order valence-corrected chi connectivity index (χ3v) is 8.06. The topological polar surface area (TPSA) is 18.1 Å². The smallest absolute Gasteiger partial charge is 0.143 e. The van der Waals surface area contributed by atoms with Crippen LogP contribution in [0.4, 0.5) is 0 Å². The van der Waals surface area contributed by atoms with Crippen molar-refractivity contribution in [2.75, 3.05) is 0 Å². The maximum atomic E-state index is 6.66. The normalized spacial score (nSPS) is 11.8. The second-order valence-corrected chi connectivity index (χ2v) is 10.5. The van der Waals surface area contributed by atoms with E-state index >= 15 is 0 Å². The first-order chi connectivity index (χ1) is 19.6. The van der Waals surface area contributed by atoms with E-state index < -0.39 is 0 Å². The molecule has 0 N–H and O–H groups in total. The van der Waals surface area contributed by atoms with Gasteiger partial charge in [0.1, 0.15) is 73.9 Å². The third-order valence-electron chi connectivity index (χ3n) is 7.82. The minimum absolute atomic E-state index is 0.139. The molecule has 41 heavy (non-hydrogen) atoms. The van der Waals surface area contributed by atoms with E-state index in [1.54, 1.807) is 6.07 Å². The number of benzene rings is 5. The monoisotopic (exact) mass is 523 g/mol. The number of nitrogens with zero attached hydrogens (tertiary/aromatic N) is 1. The molecule has 11 heteroatoms. The highest BCUT2D eigenvalue weighted by Gasteiger charge is 2.24. The minimum Gasteiger partial charge on any atom is -0.455 e.